The van der Waals surface area contributed by atoms with E-state index in [4.69, 9.17) is 5.11 Å². The number of hydrogen-bond acceptors (Lipinski definition) is 1. The van der Waals surface area contributed by atoms with Gasteiger partial charge in [-0.1, -0.05) is 44.2 Å². The Morgan fingerprint density at radius 1 is 1.33 bits per heavy atom. The molecule has 0 aliphatic heterocycles. The Labute approximate surface area is 92.5 Å². The molecule has 82 valence electrons. The minimum Gasteiger partial charge on any atom is -0.392 e. The third-order valence-corrected chi connectivity index (χ3v) is 2.38. The van der Waals surface area contributed by atoms with E-state index in [-0.39, 0.29) is 6.61 Å². The molecule has 0 aliphatic rings. The molecule has 0 radical (unpaired) electrons. The van der Waals surface area contributed by atoms with Gasteiger partial charge in [0, 0.05) is 0 Å². The Hall–Kier alpha value is -1.08. The van der Waals surface area contributed by atoms with Crippen LogP contribution in [0.25, 0.3) is 6.08 Å². The first-order valence-corrected chi connectivity index (χ1v) is 5.50. The molecular weight excluding hydrogens is 184 g/mol. The van der Waals surface area contributed by atoms with Gasteiger partial charge in [0.25, 0.3) is 0 Å². The fourth-order valence-electron chi connectivity index (χ4n) is 1.70. The van der Waals surface area contributed by atoms with E-state index in [9.17, 15) is 0 Å². The molecule has 15 heavy (non-hydrogen) atoms. The molecule has 0 saturated carbocycles. The van der Waals surface area contributed by atoms with Crippen LogP contribution >= 0.6 is 0 Å². The SMILES string of the molecule is Cc1cc(CC(C)C)ccc1C=CCO. The zero-order valence-electron chi connectivity index (χ0n) is 9.83. The van der Waals surface area contributed by atoms with Gasteiger partial charge in [0.1, 0.15) is 0 Å². The summed E-state index contributed by atoms with van der Waals surface area (Å²) in [6.07, 6.45) is 4.86. The van der Waals surface area contributed by atoms with Crippen molar-refractivity contribution in [3.63, 3.8) is 0 Å². The van der Waals surface area contributed by atoms with Crippen molar-refractivity contribution in [2.24, 2.45) is 5.92 Å². The van der Waals surface area contributed by atoms with Crippen LogP contribution in [0, 0.1) is 12.8 Å². The number of aryl methyl sites for hydroxylation is 1. The first-order valence-electron chi connectivity index (χ1n) is 5.50. The third-order valence-electron chi connectivity index (χ3n) is 2.38. The van der Waals surface area contributed by atoms with E-state index in [1.807, 2.05) is 6.08 Å². The standard InChI is InChI=1S/C14H20O/c1-11(2)9-13-6-7-14(5-4-8-15)12(3)10-13/h4-7,10-11,15H,8-9H2,1-3H3. The highest BCUT2D eigenvalue weighted by atomic mass is 16.2. The molecule has 0 aliphatic carbocycles. The number of rotatable bonds is 4. The van der Waals surface area contributed by atoms with Gasteiger partial charge in [-0.25, -0.2) is 0 Å². The van der Waals surface area contributed by atoms with Gasteiger partial charge in [-0.05, 0) is 36.0 Å². The maximum atomic E-state index is 8.71. The largest absolute Gasteiger partial charge is 0.392 e. The van der Waals surface area contributed by atoms with Crippen molar-refractivity contribution in [3.8, 4) is 0 Å². The van der Waals surface area contributed by atoms with Crippen LogP contribution in [0.1, 0.15) is 30.5 Å². The number of aliphatic hydroxyl groups excluding tert-OH is 1. The fraction of sp³-hybridized carbons (Fsp3) is 0.429. The van der Waals surface area contributed by atoms with Crippen molar-refractivity contribution in [3.05, 3.63) is 41.0 Å². The Balaban J connectivity index is 2.83. The second-order valence-electron chi connectivity index (χ2n) is 4.37. The highest BCUT2D eigenvalue weighted by Gasteiger charge is 2.00. The molecule has 0 fully saturated rings. The Bertz CT molecular complexity index is 337. The summed E-state index contributed by atoms with van der Waals surface area (Å²) in [5, 5.41) is 8.71. The Morgan fingerprint density at radius 2 is 2.07 bits per heavy atom. The zero-order valence-corrected chi connectivity index (χ0v) is 9.83. The minimum atomic E-state index is 0.104. The van der Waals surface area contributed by atoms with Crippen LogP contribution in [-0.4, -0.2) is 11.7 Å². The van der Waals surface area contributed by atoms with Crippen LogP contribution < -0.4 is 0 Å². The summed E-state index contributed by atoms with van der Waals surface area (Å²) in [6, 6.07) is 6.53. The maximum Gasteiger partial charge on any atom is 0.0615 e. The highest BCUT2D eigenvalue weighted by molar-refractivity contribution is 5.54. The molecule has 0 aromatic heterocycles. The van der Waals surface area contributed by atoms with Gasteiger partial charge in [0.15, 0.2) is 0 Å². The summed E-state index contributed by atoms with van der Waals surface area (Å²) in [5.41, 5.74) is 3.86. The summed E-state index contributed by atoms with van der Waals surface area (Å²) in [4.78, 5) is 0. The molecule has 0 bridgehead atoms. The normalized spacial score (nSPS) is 11.5. The lowest BCUT2D eigenvalue weighted by molar-refractivity contribution is 0.343. The first-order chi connectivity index (χ1) is 7.13. The van der Waals surface area contributed by atoms with E-state index in [0.29, 0.717) is 5.92 Å². The van der Waals surface area contributed by atoms with Crippen LogP contribution in [0.3, 0.4) is 0 Å². The number of benzene rings is 1. The Kier molecular flexibility index (Phi) is 4.57. The van der Waals surface area contributed by atoms with E-state index in [2.05, 4.69) is 39.0 Å². The number of hydrogen-bond donors (Lipinski definition) is 1. The van der Waals surface area contributed by atoms with Gasteiger partial charge >= 0.3 is 0 Å². The van der Waals surface area contributed by atoms with Crippen LogP contribution in [0.2, 0.25) is 0 Å². The monoisotopic (exact) mass is 204 g/mol. The number of aliphatic hydroxyl groups is 1. The molecule has 0 unspecified atom stereocenters. The van der Waals surface area contributed by atoms with E-state index in [1.54, 1.807) is 6.08 Å². The van der Waals surface area contributed by atoms with E-state index < -0.39 is 0 Å². The molecule has 0 saturated heterocycles. The predicted molar refractivity (Wildman–Crippen MR) is 65.8 cm³/mol. The van der Waals surface area contributed by atoms with Gasteiger partial charge in [-0.2, -0.15) is 0 Å². The van der Waals surface area contributed by atoms with Crippen molar-refractivity contribution >= 4 is 6.08 Å². The molecule has 1 N–H and O–H groups in total. The molecule has 0 atom stereocenters. The lowest BCUT2D eigenvalue weighted by Crippen LogP contribution is -1.95. The fourth-order valence-corrected chi connectivity index (χ4v) is 1.70. The van der Waals surface area contributed by atoms with Crippen molar-refractivity contribution in [2.75, 3.05) is 6.61 Å². The quantitative estimate of drug-likeness (QED) is 0.798. The van der Waals surface area contributed by atoms with Crippen molar-refractivity contribution in [1.82, 2.24) is 0 Å². The van der Waals surface area contributed by atoms with Crippen LogP contribution in [-0.2, 0) is 6.42 Å². The van der Waals surface area contributed by atoms with Gasteiger partial charge in [0.2, 0.25) is 0 Å². The molecule has 1 nitrogen and oxygen atoms in total. The van der Waals surface area contributed by atoms with E-state index in [0.717, 1.165) is 6.42 Å². The Morgan fingerprint density at radius 3 is 2.60 bits per heavy atom. The van der Waals surface area contributed by atoms with Crippen LogP contribution in [0.4, 0.5) is 0 Å². The molecule has 0 amide bonds. The lowest BCUT2D eigenvalue weighted by atomic mass is 9.98. The highest BCUT2D eigenvalue weighted by Crippen LogP contribution is 2.15. The van der Waals surface area contributed by atoms with Crippen molar-refractivity contribution in [1.29, 1.82) is 0 Å². The van der Waals surface area contributed by atoms with Gasteiger partial charge in [-0.3, -0.25) is 0 Å². The smallest absolute Gasteiger partial charge is 0.0615 e. The zero-order chi connectivity index (χ0) is 11.3. The summed E-state index contributed by atoms with van der Waals surface area (Å²) < 4.78 is 0. The van der Waals surface area contributed by atoms with Gasteiger partial charge < -0.3 is 5.11 Å². The molecule has 1 rings (SSSR count). The summed E-state index contributed by atoms with van der Waals surface area (Å²) in [7, 11) is 0. The van der Waals surface area contributed by atoms with Crippen molar-refractivity contribution < 1.29 is 5.11 Å². The minimum absolute atomic E-state index is 0.104. The second-order valence-corrected chi connectivity index (χ2v) is 4.37. The molecule has 0 spiro atoms. The van der Waals surface area contributed by atoms with Crippen LogP contribution in [0.15, 0.2) is 24.3 Å². The second kappa shape index (κ2) is 5.72. The average molecular weight is 204 g/mol. The lowest BCUT2D eigenvalue weighted by Gasteiger charge is -2.07. The molecule has 0 heterocycles. The first kappa shape index (κ1) is 12.0. The average Bonchev–Trinajstić information content (AvgIpc) is 2.15. The molecular formula is C14H20O. The van der Waals surface area contributed by atoms with E-state index >= 15 is 0 Å². The van der Waals surface area contributed by atoms with Crippen molar-refractivity contribution in [2.45, 2.75) is 27.2 Å². The molecule has 1 aromatic rings. The van der Waals surface area contributed by atoms with Gasteiger partial charge in [-0.15, -0.1) is 0 Å². The van der Waals surface area contributed by atoms with Gasteiger partial charge in [0.05, 0.1) is 6.61 Å². The van der Waals surface area contributed by atoms with Crippen LogP contribution in [0.5, 0.6) is 0 Å². The molecule has 1 heteroatoms. The third kappa shape index (κ3) is 3.88. The topological polar surface area (TPSA) is 20.2 Å². The molecule has 1 aromatic carbocycles. The summed E-state index contributed by atoms with van der Waals surface area (Å²) in [6.45, 7) is 6.68. The predicted octanol–water partition coefficient (Wildman–Crippen LogP) is 3.20. The maximum absolute atomic E-state index is 8.71. The van der Waals surface area contributed by atoms with E-state index in [1.165, 1.54) is 16.7 Å². The summed E-state index contributed by atoms with van der Waals surface area (Å²) in [5.74, 6) is 0.697. The summed E-state index contributed by atoms with van der Waals surface area (Å²) >= 11 is 0.